The summed E-state index contributed by atoms with van der Waals surface area (Å²) in [5.74, 6) is -0.549. The second kappa shape index (κ2) is 6.39. The van der Waals surface area contributed by atoms with Gasteiger partial charge in [-0.1, -0.05) is 24.3 Å². The van der Waals surface area contributed by atoms with E-state index >= 15 is 0 Å². The second-order valence-electron chi connectivity index (χ2n) is 6.41. The Hall–Kier alpha value is -3.41. The number of ether oxygens (including phenoxy) is 1. The van der Waals surface area contributed by atoms with Gasteiger partial charge in [-0.25, -0.2) is 9.78 Å². The first-order valence-electron chi connectivity index (χ1n) is 8.65. The minimum Gasteiger partial charge on any atom is -0.462 e. The predicted molar refractivity (Wildman–Crippen MR) is 105 cm³/mol. The predicted octanol–water partition coefficient (Wildman–Crippen LogP) is 3.69. The summed E-state index contributed by atoms with van der Waals surface area (Å²) >= 11 is 0. The van der Waals surface area contributed by atoms with Crippen LogP contribution in [0.2, 0.25) is 0 Å². The molecular formula is C21H18N2O4. The Morgan fingerprint density at radius 3 is 2.59 bits per heavy atom. The molecule has 2 aliphatic rings. The molecular weight excluding hydrogens is 344 g/mol. The van der Waals surface area contributed by atoms with Crippen LogP contribution in [0.25, 0.3) is 33.3 Å². The van der Waals surface area contributed by atoms with Gasteiger partial charge in [0.15, 0.2) is 16.9 Å². The van der Waals surface area contributed by atoms with Gasteiger partial charge in [0.1, 0.15) is 11.2 Å². The van der Waals surface area contributed by atoms with Crippen LogP contribution in [-0.4, -0.2) is 31.7 Å². The summed E-state index contributed by atoms with van der Waals surface area (Å²) in [7, 11) is 3.84. The number of rotatable bonds is 3. The zero-order valence-electron chi connectivity index (χ0n) is 15.3. The Bertz CT molecular complexity index is 1210. The quantitative estimate of drug-likeness (QED) is 0.314. The molecule has 1 aliphatic carbocycles. The van der Waals surface area contributed by atoms with E-state index in [9.17, 15) is 9.59 Å². The van der Waals surface area contributed by atoms with Crippen LogP contribution in [0.4, 0.5) is 5.69 Å². The van der Waals surface area contributed by atoms with Crippen molar-refractivity contribution in [3.63, 3.8) is 0 Å². The van der Waals surface area contributed by atoms with E-state index in [1.165, 1.54) is 0 Å². The fourth-order valence-corrected chi connectivity index (χ4v) is 3.15. The van der Waals surface area contributed by atoms with Crippen LogP contribution < -0.4 is 10.3 Å². The zero-order chi connectivity index (χ0) is 19.1. The van der Waals surface area contributed by atoms with Crippen LogP contribution in [-0.2, 0) is 4.74 Å². The second-order valence-corrected chi connectivity index (χ2v) is 6.41. The normalized spacial score (nSPS) is 11.2. The Morgan fingerprint density at radius 1 is 1.15 bits per heavy atom. The molecule has 2 aromatic rings. The molecule has 0 unspecified atom stereocenters. The zero-order valence-corrected chi connectivity index (χ0v) is 15.3. The fourth-order valence-electron chi connectivity index (χ4n) is 3.15. The molecule has 0 amide bonds. The molecule has 0 radical (unpaired) electrons. The van der Waals surface area contributed by atoms with Gasteiger partial charge in [0.2, 0.25) is 5.43 Å². The molecule has 2 aromatic carbocycles. The van der Waals surface area contributed by atoms with Crippen LogP contribution in [0.1, 0.15) is 17.3 Å². The summed E-state index contributed by atoms with van der Waals surface area (Å²) in [4.78, 5) is 32.1. The monoisotopic (exact) mass is 362 g/mol. The minimum absolute atomic E-state index is 0.116. The maximum absolute atomic E-state index is 13.0. The fraction of sp³-hybridized carbons (Fsp3) is 0.190. The number of fused-ring (bicyclic) bond motifs is 4. The van der Waals surface area contributed by atoms with Crippen LogP contribution in [0, 0.1) is 0 Å². The van der Waals surface area contributed by atoms with Gasteiger partial charge < -0.3 is 14.1 Å². The molecule has 6 heteroatoms. The lowest BCUT2D eigenvalue weighted by atomic mass is 9.99. The molecule has 0 N–H and O–H groups in total. The van der Waals surface area contributed by atoms with Crippen molar-refractivity contribution >= 4 is 33.5 Å². The molecule has 0 saturated carbocycles. The molecule has 0 aromatic heterocycles. The molecule has 0 spiro atoms. The molecule has 0 atom stereocenters. The van der Waals surface area contributed by atoms with Gasteiger partial charge in [-0.3, -0.25) is 4.79 Å². The number of nitrogens with zero attached hydrogens (tertiary/aromatic N) is 2. The van der Waals surface area contributed by atoms with Crippen molar-refractivity contribution < 1.29 is 13.9 Å². The number of hydrogen-bond acceptors (Lipinski definition) is 6. The maximum atomic E-state index is 13.0. The van der Waals surface area contributed by atoms with Crippen molar-refractivity contribution in [3.8, 4) is 11.5 Å². The average Bonchev–Trinajstić information content (AvgIpc) is 2.67. The van der Waals surface area contributed by atoms with E-state index in [0.717, 1.165) is 5.69 Å². The number of esters is 1. The molecule has 1 heterocycles. The largest absolute Gasteiger partial charge is 0.462 e. The van der Waals surface area contributed by atoms with E-state index in [2.05, 4.69) is 0 Å². The lowest BCUT2D eigenvalue weighted by Crippen LogP contribution is -2.20. The summed E-state index contributed by atoms with van der Waals surface area (Å²) in [6.45, 7) is 1.86. The van der Waals surface area contributed by atoms with Crippen molar-refractivity contribution in [2.45, 2.75) is 6.92 Å². The highest BCUT2D eigenvalue weighted by molar-refractivity contribution is 6.06. The molecule has 27 heavy (non-hydrogen) atoms. The Morgan fingerprint density at radius 2 is 1.89 bits per heavy atom. The third-order valence-corrected chi connectivity index (χ3v) is 4.48. The Balaban J connectivity index is 2.16. The number of carbonyl (C=O) groups excluding carboxylic acids is 1. The smallest absolute Gasteiger partial charge is 0.346 e. The van der Waals surface area contributed by atoms with Gasteiger partial charge in [0.05, 0.1) is 6.61 Å². The molecule has 1 aliphatic heterocycles. The van der Waals surface area contributed by atoms with Gasteiger partial charge in [-0.2, -0.15) is 0 Å². The lowest BCUT2D eigenvalue weighted by Gasteiger charge is -2.15. The third kappa shape index (κ3) is 2.70. The maximum Gasteiger partial charge on any atom is 0.346 e. The molecule has 0 bridgehead atoms. The van der Waals surface area contributed by atoms with E-state index in [-0.39, 0.29) is 17.9 Å². The van der Waals surface area contributed by atoms with Crippen LogP contribution in [0.3, 0.4) is 0 Å². The summed E-state index contributed by atoms with van der Waals surface area (Å²) in [6.07, 6.45) is 0. The van der Waals surface area contributed by atoms with E-state index in [0.29, 0.717) is 27.6 Å². The van der Waals surface area contributed by atoms with Crippen LogP contribution in [0.15, 0.2) is 51.7 Å². The standard InChI is InChI=1S/C21H18N2O4/c1-4-26-21(25)17-19(24)14-8-6-5-7-13(14)18-20(17)27-16-11-12(23(2)3)9-10-15(16)22-18/h5-11H,4H2,1-3H3. The lowest BCUT2D eigenvalue weighted by molar-refractivity contribution is 0.0524. The number of benzene rings is 3. The Labute approximate surface area is 155 Å². The first kappa shape index (κ1) is 17.0. The molecule has 0 fully saturated rings. The van der Waals surface area contributed by atoms with Crippen molar-refractivity contribution in [2.75, 3.05) is 25.6 Å². The highest BCUT2D eigenvalue weighted by Crippen LogP contribution is 2.34. The summed E-state index contributed by atoms with van der Waals surface area (Å²) < 4.78 is 11.1. The summed E-state index contributed by atoms with van der Waals surface area (Å²) in [6, 6.07) is 12.7. The first-order chi connectivity index (χ1) is 13.0. The van der Waals surface area contributed by atoms with E-state index in [4.69, 9.17) is 14.1 Å². The topological polar surface area (TPSA) is 72.6 Å². The average molecular weight is 362 g/mol. The number of anilines is 1. The molecule has 136 valence electrons. The minimum atomic E-state index is -0.702. The van der Waals surface area contributed by atoms with E-state index in [1.807, 2.05) is 43.3 Å². The van der Waals surface area contributed by atoms with Crippen LogP contribution in [0.5, 0.6) is 0 Å². The van der Waals surface area contributed by atoms with Gasteiger partial charge in [0, 0.05) is 36.6 Å². The number of aromatic nitrogens is 1. The highest BCUT2D eigenvalue weighted by atomic mass is 16.5. The van der Waals surface area contributed by atoms with Crippen molar-refractivity contribution in [1.82, 2.24) is 4.98 Å². The number of hydrogen-bond donors (Lipinski definition) is 0. The molecule has 6 nitrogen and oxygen atoms in total. The number of carbonyl (C=O) groups is 1. The summed E-state index contributed by atoms with van der Waals surface area (Å²) in [5.41, 5.74) is 2.01. The third-order valence-electron chi connectivity index (χ3n) is 4.48. The van der Waals surface area contributed by atoms with Gasteiger partial charge >= 0.3 is 5.97 Å². The highest BCUT2D eigenvalue weighted by Gasteiger charge is 2.27. The van der Waals surface area contributed by atoms with Gasteiger partial charge in [-0.15, -0.1) is 0 Å². The Kier molecular flexibility index (Phi) is 4.03. The van der Waals surface area contributed by atoms with E-state index < -0.39 is 11.4 Å². The molecule has 0 saturated heterocycles. The van der Waals surface area contributed by atoms with Crippen molar-refractivity contribution in [3.05, 3.63) is 58.3 Å². The molecule has 4 rings (SSSR count). The SMILES string of the molecule is CCOC(=O)c1c2oc3cc(N(C)C)ccc3nc-2c2ccccc2c1=O. The first-order valence-corrected chi connectivity index (χ1v) is 8.65. The van der Waals surface area contributed by atoms with Gasteiger partial charge in [0.25, 0.3) is 0 Å². The summed E-state index contributed by atoms with van der Waals surface area (Å²) in [5, 5.41) is 1.06. The van der Waals surface area contributed by atoms with Crippen molar-refractivity contribution in [1.29, 1.82) is 0 Å². The van der Waals surface area contributed by atoms with Gasteiger partial charge in [-0.05, 0) is 19.1 Å². The van der Waals surface area contributed by atoms with E-state index in [1.54, 1.807) is 25.1 Å². The van der Waals surface area contributed by atoms with Crippen LogP contribution >= 0.6 is 0 Å². The van der Waals surface area contributed by atoms with Crippen molar-refractivity contribution in [2.24, 2.45) is 0 Å².